The summed E-state index contributed by atoms with van der Waals surface area (Å²) in [5, 5.41) is 8.44. The summed E-state index contributed by atoms with van der Waals surface area (Å²) in [6, 6.07) is 4.12. The number of nitrogens with zero attached hydrogens (tertiary/aromatic N) is 7. The topological polar surface area (TPSA) is 76.1 Å². The number of hydrogen-bond donors (Lipinski definition) is 0. The van der Waals surface area contributed by atoms with E-state index in [1.165, 1.54) is 5.56 Å². The van der Waals surface area contributed by atoms with Crippen molar-refractivity contribution in [2.75, 3.05) is 31.1 Å². The fraction of sp³-hybridized carbons (Fsp3) is 0.500. The fourth-order valence-electron chi connectivity index (χ4n) is 4.60. The Bertz CT molecular complexity index is 980. The third kappa shape index (κ3) is 3.07. The van der Waals surface area contributed by atoms with Crippen LogP contribution in [-0.2, 0) is 6.54 Å². The van der Waals surface area contributed by atoms with E-state index >= 15 is 0 Å². The highest BCUT2D eigenvalue weighted by Gasteiger charge is 2.40. The predicted molar refractivity (Wildman–Crippen MR) is 104 cm³/mol. The van der Waals surface area contributed by atoms with Gasteiger partial charge in [0.05, 0.1) is 11.9 Å². The standard InChI is InChI=1S/C20H25N7O/c1-13-4-14(2)27(24-13)20-5-19(21-12-22-20)26-10-17-8-25(9-18(17)11-26)7-16-6-23-28-15(16)3/h4-6,12,17-18H,7-11H2,1-3H3. The maximum absolute atomic E-state index is 5.20. The Morgan fingerprint density at radius 2 is 1.75 bits per heavy atom. The molecule has 28 heavy (non-hydrogen) atoms. The largest absolute Gasteiger partial charge is 0.361 e. The van der Waals surface area contributed by atoms with Gasteiger partial charge in [-0.3, -0.25) is 4.90 Å². The minimum Gasteiger partial charge on any atom is -0.361 e. The number of fused-ring (bicyclic) bond motifs is 1. The Hall–Kier alpha value is -2.74. The molecule has 0 aromatic carbocycles. The predicted octanol–water partition coefficient (Wildman–Crippen LogP) is 2.14. The maximum atomic E-state index is 5.20. The van der Waals surface area contributed by atoms with E-state index in [0.717, 1.165) is 61.5 Å². The Morgan fingerprint density at radius 1 is 1.00 bits per heavy atom. The zero-order valence-electron chi connectivity index (χ0n) is 16.5. The molecule has 2 fully saturated rings. The van der Waals surface area contributed by atoms with E-state index in [2.05, 4.69) is 42.2 Å². The van der Waals surface area contributed by atoms with Gasteiger partial charge < -0.3 is 9.42 Å². The van der Waals surface area contributed by atoms with Crippen LogP contribution in [0.15, 0.2) is 29.2 Å². The summed E-state index contributed by atoms with van der Waals surface area (Å²) in [6.07, 6.45) is 3.49. The molecule has 0 aliphatic carbocycles. The summed E-state index contributed by atoms with van der Waals surface area (Å²) in [4.78, 5) is 13.9. The van der Waals surface area contributed by atoms with Crippen molar-refractivity contribution in [2.24, 2.45) is 11.8 Å². The van der Waals surface area contributed by atoms with Crippen molar-refractivity contribution in [1.82, 2.24) is 29.8 Å². The molecule has 5 rings (SSSR count). The van der Waals surface area contributed by atoms with Gasteiger partial charge in [-0.05, 0) is 38.7 Å². The molecule has 2 saturated heterocycles. The molecule has 0 N–H and O–H groups in total. The molecule has 2 atom stereocenters. The lowest BCUT2D eigenvalue weighted by molar-refractivity contribution is 0.305. The van der Waals surface area contributed by atoms with Gasteiger partial charge in [0.25, 0.3) is 0 Å². The normalized spacial score (nSPS) is 22.2. The molecule has 5 heterocycles. The molecule has 2 aliphatic heterocycles. The average Bonchev–Trinajstić information content (AvgIpc) is 3.41. The van der Waals surface area contributed by atoms with Crippen LogP contribution in [0.2, 0.25) is 0 Å². The van der Waals surface area contributed by atoms with E-state index in [1.54, 1.807) is 6.33 Å². The summed E-state index contributed by atoms with van der Waals surface area (Å²) < 4.78 is 7.08. The molecular formula is C20H25N7O. The summed E-state index contributed by atoms with van der Waals surface area (Å²) in [5.74, 6) is 4.10. The first-order valence-electron chi connectivity index (χ1n) is 9.80. The Kier molecular flexibility index (Phi) is 4.16. The van der Waals surface area contributed by atoms with Crippen LogP contribution in [-0.4, -0.2) is 56.0 Å². The molecule has 3 aromatic heterocycles. The molecule has 3 aromatic rings. The zero-order valence-corrected chi connectivity index (χ0v) is 16.5. The van der Waals surface area contributed by atoms with E-state index in [1.807, 2.05) is 31.6 Å². The van der Waals surface area contributed by atoms with Crippen molar-refractivity contribution in [3.63, 3.8) is 0 Å². The molecular weight excluding hydrogens is 354 g/mol. The maximum Gasteiger partial charge on any atom is 0.159 e. The van der Waals surface area contributed by atoms with Crippen molar-refractivity contribution in [1.29, 1.82) is 0 Å². The molecule has 0 amide bonds. The number of rotatable bonds is 4. The highest BCUT2D eigenvalue weighted by molar-refractivity contribution is 5.45. The van der Waals surface area contributed by atoms with Crippen LogP contribution in [0.4, 0.5) is 5.82 Å². The van der Waals surface area contributed by atoms with Gasteiger partial charge in [-0.15, -0.1) is 0 Å². The first kappa shape index (κ1) is 17.4. The number of anilines is 1. The monoisotopic (exact) mass is 379 g/mol. The Morgan fingerprint density at radius 3 is 2.39 bits per heavy atom. The van der Waals surface area contributed by atoms with Crippen molar-refractivity contribution in [2.45, 2.75) is 27.3 Å². The molecule has 2 aliphatic rings. The number of aromatic nitrogens is 5. The zero-order chi connectivity index (χ0) is 19.3. The molecule has 146 valence electrons. The first-order valence-corrected chi connectivity index (χ1v) is 9.80. The van der Waals surface area contributed by atoms with Gasteiger partial charge in [-0.1, -0.05) is 5.16 Å². The lowest BCUT2D eigenvalue weighted by Crippen LogP contribution is -2.29. The third-order valence-electron chi connectivity index (χ3n) is 6.00. The summed E-state index contributed by atoms with van der Waals surface area (Å²) in [6.45, 7) is 11.3. The molecule has 0 saturated carbocycles. The van der Waals surface area contributed by atoms with Crippen LogP contribution in [0.3, 0.4) is 0 Å². The molecule has 2 unspecified atom stereocenters. The van der Waals surface area contributed by atoms with Crippen LogP contribution < -0.4 is 4.90 Å². The highest BCUT2D eigenvalue weighted by atomic mass is 16.5. The molecule has 8 nitrogen and oxygen atoms in total. The lowest BCUT2D eigenvalue weighted by atomic mass is 10.0. The Balaban J connectivity index is 1.27. The van der Waals surface area contributed by atoms with Crippen molar-refractivity contribution in [3.05, 3.63) is 47.4 Å². The quantitative estimate of drug-likeness (QED) is 0.687. The minimum absolute atomic E-state index is 0.673. The summed E-state index contributed by atoms with van der Waals surface area (Å²) in [7, 11) is 0. The highest BCUT2D eigenvalue weighted by Crippen LogP contribution is 2.34. The SMILES string of the molecule is Cc1cc(C)n(-c2cc(N3CC4CN(Cc5cnoc5C)CC4C3)ncn2)n1. The van der Waals surface area contributed by atoms with E-state index < -0.39 is 0 Å². The van der Waals surface area contributed by atoms with Gasteiger partial charge in [0.2, 0.25) is 0 Å². The van der Waals surface area contributed by atoms with E-state index in [-0.39, 0.29) is 0 Å². The van der Waals surface area contributed by atoms with E-state index in [4.69, 9.17) is 4.52 Å². The van der Waals surface area contributed by atoms with Gasteiger partial charge in [0, 0.05) is 50.0 Å². The van der Waals surface area contributed by atoms with Crippen LogP contribution >= 0.6 is 0 Å². The Labute approximate surface area is 164 Å². The van der Waals surface area contributed by atoms with Crippen LogP contribution in [0, 0.1) is 32.6 Å². The summed E-state index contributed by atoms with van der Waals surface area (Å²) >= 11 is 0. The number of hydrogen-bond acceptors (Lipinski definition) is 7. The minimum atomic E-state index is 0.673. The summed E-state index contributed by atoms with van der Waals surface area (Å²) in [5.41, 5.74) is 3.28. The second-order valence-electron chi connectivity index (χ2n) is 8.10. The van der Waals surface area contributed by atoms with Crippen LogP contribution in [0.5, 0.6) is 0 Å². The smallest absolute Gasteiger partial charge is 0.159 e. The third-order valence-corrected chi connectivity index (χ3v) is 6.00. The van der Waals surface area contributed by atoms with Crippen molar-refractivity contribution in [3.8, 4) is 5.82 Å². The van der Waals surface area contributed by atoms with Gasteiger partial charge in [-0.25, -0.2) is 14.6 Å². The molecule has 0 spiro atoms. The van der Waals surface area contributed by atoms with Crippen molar-refractivity contribution >= 4 is 5.82 Å². The number of aryl methyl sites for hydroxylation is 3. The first-order chi connectivity index (χ1) is 13.6. The van der Waals surface area contributed by atoms with Gasteiger partial charge in [-0.2, -0.15) is 5.10 Å². The van der Waals surface area contributed by atoms with Crippen LogP contribution in [0.25, 0.3) is 5.82 Å². The molecule has 0 bridgehead atoms. The van der Waals surface area contributed by atoms with Crippen molar-refractivity contribution < 1.29 is 4.52 Å². The van der Waals surface area contributed by atoms with E-state index in [0.29, 0.717) is 11.8 Å². The number of likely N-dealkylation sites (tertiary alicyclic amines) is 1. The average molecular weight is 379 g/mol. The lowest BCUT2D eigenvalue weighted by Gasteiger charge is -2.22. The second-order valence-corrected chi connectivity index (χ2v) is 8.10. The van der Waals surface area contributed by atoms with Gasteiger partial charge >= 0.3 is 0 Å². The second kappa shape index (κ2) is 6.70. The van der Waals surface area contributed by atoms with Gasteiger partial charge in [0.15, 0.2) is 5.82 Å². The molecule has 8 heteroatoms. The molecule has 0 radical (unpaired) electrons. The fourth-order valence-corrected chi connectivity index (χ4v) is 4.60. The van der Waals surface area contributed by atoms with E-state index in [9.17, 15) is 0 Å². The van der Waals surface area contributed by atoms with Gasteiger partial charge in [0.1, 0.15) is 17.9 Å². The van der Waals surface area contributed by atoms with Crippen LogP contribution in [0.1, 0.15) is 22.7 Å².